The van der Waals surface area contributed by atoms with E-state index < -0.39 is 11.9 Å². The summed E-state index contributed by atoms with van der Waals surface area (Å²) in [5, 5.41) is 0.772. The Labute approximate surface area is 142 Å². The van der Waals surface area contributed by atoms with Crippen LogP contribution in [0.4, 0.5) is 5.69 Å². The van der Waals surface area contributed by atoms with Crippen LogP contribution in [-0.4, -0.2) is 33.8 Å². The fraction of sp³-hybridized carbons (Fsp3) is 0.357. The summed E-state index contributed by atoms with van der Waals surface area (Å²) in [4.78, 5) is 37.0. The van der Waals surface area contributed by atoms with Gasteiger partial charge >= 0.3 is 0 Å². The van der Waals surface area contributed by atoms with Crippen molar-refractivity contribution in [2.75, 3.05) is 4.90 Å². The number of hydrogen-bond acceptors (Lipinski definition) is 4. The molecular formula is C14H14Cl2N2O3S. The Hall–Kier alpha value is -1.24. The van der Waals surface area contributed by atoms with Crippen LogP contribution >= 0.6 is 35.1 Å². The zero-order chi connectivity index (χ0) is 16.4. The molecule has 1 unspecified atom stereocenters. The molecule has 1 atom stereocenters. The monoisotopic (exact) mass is 360 g/mol. The van der Waals surface area contributed by atoms with E-state index in [4.69, 9.17) is 23.2 Å². The Morgan fingerprint density at radius 3 is 2.36 bits per heavy atom. The van der Waals surface area contributed by atoms with Crippen molar-refractivity contribution in [2.45, 2.75) is 31.6 Å². The fourth-order valence-corrected chi connectivity index (χ4v) is 3.53. The molecule has 1 saturated heterocycles. The normalized spacial score (nSPS) is 18.2. The van der Waals surface area contributed by atoms with Gasteiger partial charge in [-0.1, -0.05) is 37.0 Å². The maximum Gasteiger partial charge on any atom is 0.258 e. The molecule has 1 aliphatic heterocycles. The van der Waals surface area contributed by atoms with Crippen LogP contribution in [0.3, 0.4) is 0 Å². The SMILES string of the molecule is CC(C)SN(C=O)C1CC(=O)N(c2cc(Cl)cc(Cl)c2)C1=O. The van der Waals surface area contributed by atoms with Crippen molar-refractivity contribution in [3.63, 3.8) is 0 Å². The molecule has 0 N–H and O–H groups in total. The first-order chi connectivity index (χ1) is 10.3. The first-order valence-corrected chi connectivity index (χ1v) is 8.16. The minimum Gasteiger partial charge on any atom is -0.278 e. The van der Waals surface area contributed by atoms with Crippen LogP contribution in [-0.2, 0) is 14.4 Å². The van der Waals surface area contributed by atoms with Crippen LogP contribution in [0, 0.1) is 0 Å². The van der Waals surface area contributed by atoms with Crippen LogP contribution in [0.15, 0.2) is 18.2 Å². The third kappa shape index (κ3) is 3.56. The zero-order valence-electron chi connectivity index (χ0n) is 12.0. The first kappa shape index (κ1) is 17.1. The Kier molecular flexibility index (Phi) is 5.36. The summed E-state index contributed by atoms with van der Waals surface area (Å²) in [5.41, 5.74) is 0.315. The van der Waals surface area contributed by atoms with Crippen LogP contribution in [0.1, 0.15) is 20.3 Å². The average Bonchev–Trinajstić information content (AvgIpc) is 2.70. The van der Waals surface area contributed by atoms with Crippen molar-refractivity contribution in [3.8, 4) is 0 Å². The molecule has 3 amide bonds. The lowest BCUT2D eigenvalue weighted by atomic mass is 10.2. The van der Waals surface area contributed by atoms with Crippen molar-refractivity contribution >= 4 is 59.1 Å². The molecule has 1 heterocycles. The van der Waals surface area contributed by atoms with E-state index in [0.29, 0.717) is 22.1 Å². The van der Waals surface area contributed by atoms with Crippen molar-refractivity contribution in [3.05, 3.63) is 28.2 Å². The maximum absolute atomic E-state index is 12.5. The number of anilines is 1. The third-order valence-corrected chi connectivity index (χ3v) is 4.41. The summed E-state index contributed by atoms with van der Waals surface area (Å²) in [5.74, 6) is -0.840. The summed E-state index contributed by atoms with van der Waals surface area (Å²) in [6.07, 6.45) is 0.524. The molecule has 22 heavy (non-hydrogen) atoms. The lowest BCUT2D eigenvalue weighted by Crippen LogP contribution is -2.38. The average molecular weight is 361 g/mol. The smallest absolute Gasteiger partial charge is 0.258 e. The van der Waals surface area contributed by atoms with E-state index >= 15 is 0 Å². The van der Waals surface area contributed by atoms with Gasteiger partial charge in [-0.05, 0) is 30.1 Å². The molecule has 0 radical (unpaired) electrons. The molecule has 118 valence electrons. The van der Waals surface area contributed by atoms with Gasteiger partial charge in [-0.3, -0.25) is 18.7 Å². The largest absolute Gasteiger partial charge is 0.278 e. The van der Waals surface area contributed by atoms with Crippen LogP contribution in [0.2, 0.25) is 10.0 Å². The number of halogens is 2. The Balaban J connectivity index is 2.30. The van der Waals surface area contributed by atoms with Crippen LogP contribution < -0.4 is 4.90 Å². The maximum atomic E-state index is 12.5. The zero-order valence-corrected chi connectivity index (χ0v) is 14.3. The van der Waals surface area contributed by atoms with E-state index in [2.05, 4.69) is 0 Å². The van der Waals surface area contributed by atoms with Crippen LogP contribution in [0.5, 0.6) is 0 Å². The lowest BCUT2D eigenvalue weighted by Gasteiger charge is -2.23. The topological polar surface area (TPSA) is 57.7 Å². The number of imide groups is 1. The van der Waals surface area contributed by atoms with Gasteiger partial charge in [0.2, 0.25) is 12.3 Å². The minimum atomic E-state index is -0.810. The number of rotatable bonds is 5. The minimum absolute atomic E-state index is 0.0541. The van der Waals surface area contributed by atoms with Gasteiger partial charge in [-0.2, -0.15) is 0 Å². The highest BCUT2D eigenvalue weighted by atomic mass is 35.5. The van der Waals surface area contributed by atoms with E-state index in [9.17, 15) is 14.4 Å². The molecule has 1 aliphatic rings. The van der Waals surface area contributed by atoms with Gasteiger partial charge in [0, 0.05) is 15.3 Å². The highest BCUT2D eigenvalue weighted by Gasteiger charge is 2.43. The quantitative estimate of drug-likeness (QED) is 0.459. The van der Waals surface area contributed by atoms with E-state index in [1.165, 1.54) is 34.5 Å². The van der Waals surface area contributed by atoms with Crippen molar-refractivity contribution in [1.82, 2.24) is 4.31 Å². The highest BCUT2D eigenvalue weighted by Crippen LogP contribution is 2.32. The van der Waals surface area contributed by atoms with Crippen molar-refractivity contribution in [1.29, 1.82) is 0 Å². The molecule has 1 aromatic carbocycles. The second-order valence-corrected chi connectivity index (χ2v) is 7.48. The van der Waals surface area contributed by atoms with Gasteiger partial charge in [0.15, 0.2) is 0 Å². The Bertz CT molecular complexity index is 604. The van der Waals surface area contributed by atoms with Gasteiger partial charge in [-0.25, -0.2) is 4.90 Å². The summed E-state index contributed by atoms with van der Waals surface area (Å²) >= 11 is 13.0. The Morgan fingerprint density at radius 2 is 1.86 bits per heavy atom. The van der Waals surface area contributed by atoms with E-state index in [0.717, 1.165) is 4.90 Å². The number of carbonyl (C=O) groups is 3. The number of nitrogens with zero attached hydrogens (tertiary/aromatic N) is 2. The standard InChI is InChI=1S/C14H14Cl2N2O3S/c1-8(2)22-17(7-19)12-6-13(20)18(14(12)21)11-4-9(15)3-10(16)5-11/h3-5,7-8,12H,6H2,1-2H3. The second-order valence-electron chi connectivity index (χ2n) is 5.03. The molecule has 5 nitrogen and oxygen atoms in total. The molecule has 0 aromatic heterocycles. The highest BCUT2D eigenvalue weighted by molar-refractivity contribution is 7.98. The number of hydrogen-bond donors (Lipinski definition) is 0. The van der Waals surface area contributed by atoms with Gasteiger partial charge in [0.05, 0.1) is 12.1 Å². The predicted octanol–water partition coefficient (Wildman–Crippen LogP) is 3.14. The van der Waals surface area contributed by atoms with E-state index in [1.807, 2.05) is 13.8 Å². The van der Waals surface area contributed by atoms with Crippen LogP contribution in [0.25, 0.3) is 0 Å². The molecule has 8 heteroatoms. The lowest BCUT2D eigenvalue weighted by molar-refractivity contribution is -0.125. The fourth-order valence-electron chi connectivity index (χ4n) is 2.17. The van der Waals surface area contributed by atoms with E-state index in [1.54, 1.807) is 0 Å². The van der Waals surface area contributed by atoms with Gasteiger partial charge in [0.1, 0.15) is 6.04 Å². The molecular weight excluding hydrogens is 347 g/mol. The molecule has 1 aromatic rings. The number of carbonyl (C=O) groups excluding carboxylic acids is 3. The number of amides is 3. The molecule has 0 aliphatic carbocycles. The third-order valence-electron chi connectivity index (χ3n) is 2.97. The van der Waals surface area contributed by atoms with Gasteiger partial charge < -0.3 is 0 Å². The Morgan fingerprint density at radius 1 is 1.27 bits per heavy atom. The molecule has 0 saturated carbocycles. The second kappa shape index (κ2) is 6.89. The van der Waals surface area contributed by atoms with E-state index in [-0.39, 0.29) is 17.6 Å². The summed E-state index contributed by atoms with van der Waals surface area (Å²) < 4.78 is 1.29. The number of benzene rings is 1. The van der Waals surface area contributed by atoms with Gasteiger partial charge in [0.25, 0.3) is 5.91 Å². The van der Waals surface area contributed by atoms with Crippen molar-refractivity contribution < 1.29 is 14.4 Å². The van der Waals surface area contributed by atoms with Gasteiger partial charge in [-0.15, -0.1) is 0 Å². The molecule has 0 bridgehead atoms. The molecule has 2 rings (SSSR count). The summed E-state index contributed by atoms with van der Waals surface area (Å²) in [6.45, 7) is 3.80. The molecule has 1 fully saturated rings. The molecule has 0 spiro atoms. The summed E-state index contributed by atoms with van der Waals surface area (Å²) in [7, 11) is 0. The first-order valence-electron chi connectivity index (χ1n) is 6.56. The van der Waals surface area contributed by atoms with Crippen molar-refractivity contribution in [2.24, 2.45) is 0 Å². The summed E-state index contributed by atoms with van der Waals surface area (Å²) in [6, 6.07) is 3.69. The predicted molar refractivity (Wildman–Crippen MR) is 88.0 cm³/mol.